The van der Waals surface area contributed by atoms with Gasteiger partial charge in [0.05, 0.1) is 12.1 Å². The number of nitrogens with one attached hydrogen (secondary N) is 1. The summed E-state index contributed by atoms with van der Waals surface area (Å²) in [4.78, 5) is 0. The largest absolute Gasteiger partial charge is 0.376 e. The highest BCUT2D eigenvalue weighted by Crippen LogP contribution is 2.27. The zero-order chi connectivity index (χ0) is 12.1. The first kappa shape index (κ1) is 12.6. The molecule has 0 bridgehead atoms. The minimum atomic E-state index is 0.350. The third-order valence-electron chi connectivity index (χ3n) is 3.35. The molecule has 1 aliphatic rings. The van der Waals surface area contributed by atoms with Gasteiger partial charge in [-0.2, -0.15) is 0 Å². The summed E-state index contributed by atoms with van der Waals surface area (Å²) in [7, 11) is 0. The summed E-state index contributed by atoms with van der Waals surface area (Å²) < 4.78 is 5.84. The molecule has 1 saturated heterocycles. The second-order valence-corrected chi connectivity index (χ2v) is 4.90. The van der Waals surface area contributed by atoms with E-state index in [0.29, 0.717) is 12.1 Å². The van der Waals surface area contributed by atoms with E-state index in [0.717, 1.165) is 19.6 Å². The van der Waals surface area contributed by atoms with Crippen molar-refractivity contribution in [3.05, 3.63) is 35.4 Å². The fourth-order valence-electron chi connectivity index (χ4n) is 2.49. The van der Waals surface area contributed by atoms with Gasteiger partial charge in [-0.15, -0.1) is 0 Å². The Morgan fingerprint density at radius 3 is 3.00 bits per heavy atom. The van der Waals surface area contributed by atoms with Crippen molar-refractivity contribution in [1.82, 2.24) is 5.32 Å². The molecule has 0 saturated carbocycles. The Hall–Kier alpha value is -0.860. The molecule has 2 nitrogen and oxygen atoms in total. The van der Waals surface area contributed by atoms with Crippen molar-refractivity contribution in [1.29, 1.82) is 0 Å². The van der Waals surface area contributed by atoms with E-state index < -0.39 is 0 Å². The van der Waals surface area contributed by atoms with Crippen molar-refractivity contribution >= 4 is 0 Å². The smallest absolute Gasteiger partial charge is 0.0770 e. The van der Waals surface area contributed by atoms with Crippen molar-refractivity contribution in [2.24, 2.45) is 0 Å². The Labute approximate surface area is 104 Å². The third-order valence-corrected chi connectivity index (χ3v) is 3.35. The van der Waals surface area contributed by atoms with E-state index >= 15 is 0 Å². The molecule has 94 valence electrons. The maximum atomic E-state index is 5.84. The summed E-state index contributed by atoms with van der Waals surface area (Å²) in [5, 5.41) is 3.63. The van der Waals surface area contributed by atoms with E-state index in [9.17, 15) is 0 Å². The molecule has 17 heavy (non-hydrogen) atoms. The fourth-order valence-corrected chi connectivity index (χ4v) is 2.49. The first-order chi connectivity index (χ1) is 8.31. The monoisotopic (exact) mass is 233 g/mol. The van der Waals surface area contributed by atoms with E-state index in [4.69, 9.17) is 4.74 Å². The van der Waals surface area contributed by atoms with Gasteiger partial charge in [0.2, 0.25) is 0 Å². The van der Waals surface area contributed by atoms with Gasteiger partial charge < -0.3 is 10.1 Å². The van der Waals surface area contributed by atoms with E-state index in [2.05, 4.69) is 43.4 Å². The van der Waals surface area contributed by atoms with Gasteiger partial charge in [0, 0.05) is 6.61 Å². The molecule has 1 N–H and O–H groups in total. The second kappa shape index (κ2) is 6.18. The highest BCUT2D eigenvalue weighted by atomic mass is 16.5. The summed E-state index contributed by atoms with van der Waals surface area (Å²) in [6.45, 7) is 6.32. The van der Waals surface area contributed by atoms with Crippen LogP contribution in [0.3, 0.4) is 0 Å². The lowest BCUT2D eigenvalue weighted by atomic mass is 9.98. The second-order valence-electron chi connectivity index (χ2n) is 4.90. The van der Waals surface area contributed by atoms with Crippen molar-refractivity contribution in [2.45, 2.75) is 45.3 Å². The van der Waals surface area contributed by atoms with Gasteiger partial charge in [0.15, 0.2) is 0 Å². The molecule has 0 radical (unpaired) electrons. The predicted molar refractivity (Wildman–Crippen MR) is 71.2 cm³/mol. The van der Waals surface area contributed by atoms with Crippen LogP contribution in [0, 0.1) is 6.92 Å². The molecule has 1 heterocycles. The quantitative estimate of drug-likeness (QED) is 0.843. The lowest BCUT2D eigenvalue weighted by Gasteiger charge is -2.25. The molecular formula is C15H23NO. The molecule has 0 aliphatic carbocycles. The third kappa shape index (κ3) is 3.30. The van der Waals surface area contributed by atoms with Gasteiger partial charge in [-0.3, -0.25) is 0 Å². The van der Waals surface area contributed by atoms with Crippen molar-refractivity contribution < 1.29 is 4.74 Å². The summed E-state index contributed by atoms with van der Waals surface area (Å²) >= 11 is 0. The van der Waals surface area contributed by atoms with Crippen LogP contribution in [-0.4, -0.2) is 19.3 Å². The van der Waals surface area contributed by atoms with E-state index in [1.807, 2.05) is 0 Å². The number of rotatable bonds is 5. The molecule has 0 aromatic heterocycles. The Morgan fingerprint density at radius 2 is 2.35 bits per heavy atom. The van der Waals surface area contributed by atoms with Crippen LogP contribution in [0.25, 0.3) is 0 Å². The average molecular weight is 233 g/mol. The van der Waals surface area contributed by atoms with Crippen LogP contribution >= 0.6 is 0 Å². The minimum Gasteiger partial charge on any atom is -0.376 e. The average Bonchev–Trinajstić information content (AvgIpc) is 2.83. The van der Waals surface area contributed by atoms with Crippen LogP contribution < -0.4 is 5.32 Å². The van der Waals surface area contributed by atoms with E-state index in [-0.39, 0.29) is 0 Å². The zero-order valence-corrected chi connectivity index (χ0v) is 10.9. The molecular weight excluding hydrogens is 210 g/mol. The summed E-state index contributed by atoms with van der Waals surface area (Å²) in [5.74, 6) is 0. The normalized spacial score (nSPS) is 21.6. The lowest BCUT2D eigenvalue weighted by Crippen LogP contribution is -2.32. The van der Waals surface area contributed by atoms with Crippen molar-refractivity contribution in [3.8, 4) is 0 Å². The zero-order valence-electron chi connectivity index (χ0n) is 10.9. The molecule has 0 spiro atoms. The fraction of sp³-hybridized carbons (Fsp3) is 0.600. The predicted octanol–water partition coefficient (Wildman–Crippen LogP) is 3.21. The molecule has 1 aromatic carbocycles. The Bertz CT molecular complexity index is 345. The van der Waals surface area contributed by atoms with Crippen LogP contribution in [0.4, 0.5) is 0 Å². The maximum absolute atomic E-state index is 5.84. The van der Waals surface area contributed by atoms with Gasteiger partial charge in [0.25, 0.3) is 0 Å². The molecule has 1 aliphatic heterocycles. The van der Waals surface area contributed by atoms with Gasteiger partial charge in [-0.05, 0) is 38.3 Å². The number of hydrogen-bond donors (Lipinski definition) is 1. The Morgan fingerprint density at radius 1 is 1.47 bits per heavy atom. The Balaban J connectivity index is 2.13. The van der Waals surface area contributed by atoms with Crippen molar-refractivity contribution in [3.63, 3.8) is 0 Å². The first-order valence-corrected chi connectivity index (χ1v) is 6.73. The van der Waals surface area contributed by atoms with Crippen LogP contribution in [0.5, 0.6) is 0 Å². The highest BCUT2D eigenvalue weighted by Gasteiger charge is 2.26. The SMILES string of the molecule is CCCNC(c1cccc(C)c1)C1CCCO1. The molecule has 1 fully saturated rings. The highest BCUT2D eigenvalue weighted by molar-refractivity contribution is 5.26. The topological polar surface area (TPSA) is 21.3 Å². The molecule has 2 atom stereocenters. The van der Waals surface area contributed by atoms with E-state index in [1.165, 1.54) is 24.0 Å². The summed E-state index contributed by atoms with van der Waals surface area (Å²) in [6, 6.07) is 9.13. The molecule has 2 heteroatoms. The van der Waals surface area contributed by atoms with Crippen LogP contribution in [0.1, 0.15) is 43.4 Å². The first-order valence-electron chi connectivity index (χ1n) is 6.73. The maximum Gasteiger partial charge on any atom is 0.0770 e. The summed E-state index contributed by atoms with van der Waals surface area (Å²) in [6.07, 6.45) is 3.88. The van der Waals surface area contributed by atoms with Crippen molar-refractivity contribution in [2.75, 3.05) is 13.2 Å². The number of hydrogen-bond acceptors (Lipinski definition) is 2. The standard InChI is InChI=1S/C15H23NO/c1-3-9-16-15(14-8-5-10-17-14)13-7-4-6-12(2)11-13/h4,6-7,11,14-16H,3,5,8-10H2,1-2H3. The number of benzene rings is 1. The summed E-state index contributed by atoms with van der Waals surface area (Å²) in [5.41, 5.74) is 2.69. The van der Waals surface area contributed by atoms with Gasteiger partial charge in [-0.25, -0.2) is 0 Å². The molecule has 2 rings (SSSR count). The van der Waals surface area contributed by atoms with E-state index in [1.54, 1.807) is 0 Å². The minimum absolute atomic E-state index is 0.350. The van der Waals surface area contributed by atoms with Gasteiger partial charge in [-0.1, -0.05) is 36.8 Å². The van der Waals surface area contributed by atoms with Crippen LogP contribution in [0.15, 0.2) is 24.3 Å². The van der Waals surface area contributed by atoms with Gasteiger partial charge in [0.1, 0.15) is 0 Å². The molecule has 0 amide bonds. The molecule has 1 aromatic rings. The van der Waals surface area contributed by atoms with Gasteiger partial charge >= 0.3 is 0 Å². The Kier molecular flexibility index (Phi) is 4.57. The molecule has 2 unspecified atom stereocenters. The lowest BCUT2D eigenvalue weighted by molar-refractivity contribution is 0.0783. The van der Waals surface area contributed by atoms with Crippen LogP contribution in [-0.2, 0) is 4.74 Å². The van der Waals surface area contributed by atoms with Crippen LogP contribution in [0.2, 0.25) is 0 Å². The number of aryl methyl sites for hydroxylation is 1. The number of ether oxygens (including phenoxy) is 1.